The summed E-state index contributed by atoms with van der Waals surface area (Å²) in [6.45, 7) is 7.79. The van der Waals surface area contributed by atoms with E-state index in [-0.39, 0.29) is 16.8 Å². The van der Waals surface area contributed by atoms with Crippen LogP contribution in [-0.2, 0) is 0 Å². The molecule has 0 saturated carbocycles. The molecule has 4 aromatic rings. The highest BCUT2D eigenvalue weighted by molar-refractivity contribution is 7.15. The molecule has 1 atom stereocenters. The van der Waals surface area contributed by atoms with Crippen molar-refractivity contribution in [3.05, 3.63) is 91.8 Å². The zero-order chi connectivity index (χ0) is 24.9. The Bertz CT molecular complexity index is 1540. The molecule has 0 bridgehead atoms. The molecule has 0 aliphatic carbocycles. The van der Waals surface area contributed by atoms with Gasteiger partial charge in [-0.05, 0) is 49.7 Å². The van der Waals surface area contributed by atoms with Crippen molar-refractivity contribution < 1.29 is 18.7 Å². The van der Waals surface area contributed by atoms with Gasteiger partial charge in [-0.2, -0.15) is 0 Å². The van der Waals surface area contributed by atoms with Crippen LogP contribution in [0.5, 0.6) is 11.5 Å². The predicted octanol–water partition coefficient (Wildman–Crippen LogP) is 5.84. The second-order valence-electron chi connectivity index (χ2n) is 8.04. The number of benzene rings is 2. The Morgan fingerprint density at radius 1 is 1.20 bits per heavy atom. The van der Waals surface area contributed by atoms with Gasteiger partial charge < -0.3 is 13.9 Å². The predicted molar refractivity (Wildman–Crippen MR) is 136 cm³/mol. The molecule has 1 amide bonds. The molecule has 1 aliphatic heterocycles. The number of hydrogen-bond acceptors (Lipinski definition) is 7. The first-order valence-corrected chi connectivity index (χ1v) is 12.0. The lowest BCUT2D eigenvalue weighted by Gasteiger charge is -2.23. The van der Waals surface area contributed by atoms with E-state index >= 15 is 0 Å². The summed E-state index contributed by atoms with van der Waals surface area (Å²) < 4.78 is 17.2. The summed E-state index contributed by atoms with van der Waals surface area (Å²) in [7, 11) is 1.53. The van der Waals surface area contributed by atoms with Gasteiger partial charge in [-0.15, -0.1) is 11.3 Å². The van der Waals surface area contributed by atoms with E-state index in [1.165, 1.54) is 23.3 Å². The van der Waals surface area contributed by atoms with E-state index in [0.717, 1.165) is 10.6 Å². The molecule has 0 fully saturated rings. The van der Waals surface area contributed by atoms with Crippen LogP contribution >= 0.6 is 22.9 Å². The standard InChI is InChI=1S/C26H21ClN2O5S/c1-5-10-33-19-8-6-15(11-20(19)32-4)22-21-23(30)17-12-16(27)7-9-18(17)34-24(21)25(31)29(22)26-28-13(2)14(3)35-26/h5-9,11-12,22H,1,10H2,2-4H3. The lowest BCUT2D eigenvalue weighted by atomic mass is 9.98. The van der Waals surface area contributed by atoms with Crippen molar-refractivity contribution in [2.75, 3.05) is 18.6 Å². The highest BCUT2D eigenvalue weighted by Crippen LogP contribution is 2.44. The molecule has 35 heavy (non-hydrogen) atoms. The van der Waals surface area contributed by atoms with E-state index < -0.39 is 11.9 Å². The number of hydrogen-bond donors (Lipinski definition) is 0. The van der Waals surface area contributed by atoms with Crippen LogP contribution in [0.1, 0.15) is 38.3 Å². The van der Waals surface area contributed by atoms with Crippen molar-refractivity contribution in [2.24, 2.45) is 0 Å². The van der Waals surface area contributed by atoms with Crippen LogP contribution in [-0.4, -0.2) is 24.6 Å². The number of anilines is 1. The minimum absolute atomic E-state index is 0.00807. The number of amides is 1. The summed E-state index contributed by atoms with van der Waals surface area (Å²) >= 11 is 7.55. The molecule has 7 nitrogen and oxygen atoms in total. The van der Waals surface area contributed by atoms with Gasteiger partial charge in [0.25, 0.3) is 5.91 Å². The van der Waals surface area contributed by atoms with Crippen LogP contribution in [0, 0.1) is 13.8 Å². The van der Waals surface area contributed by atoms with Crippen LogP contribution in [0.2, 0.25) is 5.02 Å². The summed E-state index contributed by atoms with van der Waals surface area (Å²) in [5, 5.41) is 1.19. The number of halogens is 1. The molecular weight excluding hydrogens is 488 g/mol. The fourth-order valence-electron chi connectivity index (χ4n) is 4.14. The molecule has 5 rings (SSSR count). The van der Waals surface area contributed by atoms with Crippen LogP contribution in [0.25, 0.3) is 11.0 Å². The number of methoxy groups -OCH3 is 1. The first-order valence-electron chi connectivity index (χ1n) is 10.8. The van der Waals surface area contributed by atoms with E-state index in [2.05, 4.69) is 11.6 Å². The number of thiazole rings is 1. The third kappa shape index (κ3) is 3.79. The molecule has 9 heteroatoms. The molecule has 0 radical (unpaired) electrons. The quantitative estimate of drug-likeness (QED) is 0.304. The van der Waals surface area contributed by atoms with Crippen molar-refractivity contribution in [3.63, 3.8) is 0 Å². The second kappa shape index (κ2) is 8.87. The van der Waals surface area contributed by atoms with Crippen LogP contribution < -0.4 is 19.8 Å². The fourth-order valence-corrected chi connectivity index (χ4v) is 5.25. The van der Waals surface area contributed by atoms with Gasteiger partial charge >= 0.3 is 0 Å². The zero-order valence-electron chi connectivity index (χ0n) is 19.3. The minimum atomic E-state index is -0.774. The maximum Gasteiger partial charge on any atom is 0.297 e. The molecule has 2 aromatic carbocycles. The van der Waals surface area contributed by atoms with E-state index in [9.17, 15) is 9.59 Å². The van der Waals surface area contributed by atoms with E-state index in [0.29, 0.717) is 44.8 Å². The Morgan fingerprint density at radius 2 is 2.00 bits per heavy atom. The Morgan fingerprint density at radius 3 is 2.69 bits per heavy atom. The van der Waals surface area contributed by atoms with Gasteiger partial charge in [-0.3, -0.25) is 14.5 Å². The van der Waals surface area contributed by atoms with E-state index in [4.69, 9.17) is 25.5 Å². The largest absolute Gasteiger partial charge is 0.493 e. The summed E-state index contributed by atoms with van der Waals surface area (Å²) in [5.41, 5.74) is 1.68. The summed E-state index contributed by atoms with van der Waals surface area (Å²) in [4.78, 5) is 34.5. The number of aromatic nitrogens is 1. The topological polar surface area (TPSA) is 81.9 Å². The van der Waals surface area contributed by atoms with Gasteiger partial charge in [0.15, 0.2) is 22.1 Å². The number of aryl methyl sites for hydroxylation is 2. The lowest BCUT2D eigenvalue weighted by Crippen LogP contribution is -2.29. The second-order valence-corrected chi connectivity index (χ2v) is 9.66. The number of ether oxygens (including phenoxy) is 2. The van der Waals surface area contributed by atoms with Crippen molar-refractivity contribution in [1.29, 1.82) is 0 Å². The molecular formula is C26H21ClN2O5S. The van der Waals surface area contributed by atoms with Crippen LogP contribution in [0.15, 0.2) is 58.3 Å². The molecule has 0 spiro atoms. The van der Waals surface area contributed by atoms with Gasteiger partial charge in [-0.25, -0.2) is 4.98 Å². The van der Waals surface area contributed by atoms with Crippen LogP contribution in [0.3, 0.4) is 0 Å². The number of carbonyl (C=O) groups is 1. The minimum Gasteiger partial charge on any atom is -0.493 e. The molecule has 1 unspecified atom stereocenters. The van der Waals surface area contributed by atoms with Crippen LogP contribution in [0.4, 0.5) is 5.13 Å². The van der Waals surface area contributed by atoms with Gasteiger partial charge in [0.2, 0.25) is 5.76 Å². The maximum absolute atomic E-state index is 13.7. The average Bonchev–Trinajstić information content (AvgIpc) is 3.33. The Kier molecular flexibility index (Phi) is 5.86. The highest BCUT2D eigenvalue weighted by Gasteiger charge is 2.45. The van der Waals surface area contributed by atoms with Gasteiger partial charge in [-0.1, -0.05) is 30.3 Å². The third-order valence-corrected chi connectivity index (χ3v) is 7.22. The van der Waals surface area contributed by atoms with Crippen molar-refractivity contribution in [3.8, 4) is 11.5 Å². The molecule has 3 heterocycles. The number of rotatable bonds is 6. The van der Waals surface area contributed by atoms with Gasteiger partial charge in [0.1, 0.15) is 12.2 Å². The number of fused-ring (bicyclic) bond motifs is 2. The Balaban J connectivity index is 1.77. The molecule has 178 valence electrons. The molecule has 0 N–H and O–H groups in total. The molecule has 2 aromatic heterocycles. The monoisotopic (exact) mass is 508 g/mol. The first-order chi connectivity index (χ1) is 16.8. The van der Waals surface area contributed by atoms with Crippen molar-refractivity contribution in [1.82, 2.24) is 4.98 Å². The number of nitrogens with zero attached hydrogens (tertiary/aromatic N) is 2. The van der Waals surface area contributed by atoms with Crippen molar-refractivity contribution in [2.45, 2.75) is 19.9 Å². The fraction of sp³-hybridized carbons (Fsp3) is 0.192. The average molecular weight is 509 g/mol. The smallest absolute Gasteiger partial charge is 0.297 e. The summed E-state index contributed by atoms with van der Waals surface area (Å²) in [6, 6.07) is 9.30. The molecule has 0 saturated heterocycles. The Labute approximate surface area is 210 Å². The SMILES string of the molecule is C=CCOc1ccc(C2c3c(oc4ccc(Cl)cc4c3=O)C(=O)N2c2nc(C)c(C)s2)cc1OC. The zero-order valence-corrected chi connectivity index (χ0v) is 20.8. The Hall–Kier alpha value is -3.62. The van der Waals surface area contributed by atoms with Gasteiger partial charge in [0, 0.05) is 9.90 Å². The summed E-state index contributed by atoms with van der Waals surface area (Å²) in [6.07, 6.45) is 1.63. The summed E-state index contributed by atoms with van der Waals surface area (Å²) in [5.74, 6) is 0.542. The van der Waals surface area contributed by atoms with E-state index in [1.54, 1.807) is 42.5 Å². The third-order valence-electron chi connectivity index (χ3n) is 5.92. The number of carbonyl (C=O) groups excluding carboxylic acids is 1. The van der Waals surface area contributed by atoms with E-state index in [1.807, 2.05) is 13.8 Å². The lowest BCUT2D eigenvalue weighted by molar-refractivity contribution is 0.0971. The van der Waals surface area contributed by atoms with Crippen molar-refractivity contribution >= 4 is 44.9 Å². The molecule has 1 aliphatic rings. The normalized spacial score (nSPS) is 14.9. The van der Waals surface area contributed by atoms with Gasteiger partial charge in [0.05, 0.1) is 29.8 Å². The highest BCUT2D eigenvalue weighted by atomic mass is 35.5. The maximum atomic E-state index is 13.7. The first kappa shape index (κ1) is 23.1.